The molecule has 34 heavy (non-hydrogen) atoms. The van der Waals surface area contributed by atoms with Crippen LogP contribution >= 0.6 is 0 Å². The molecule has 2 N–H and O–H groups in total. The summed E-state index contributed by atoms with van der Waals surface area (Å²) in [5.41, 5.74) is 2.27. The molecule has 0 saturated carbocycles. The predicted octanol–water partition coefficient (Wildman–Crippen LogP) is 2.81. The molecule has 0 spiro atoms. The molecule has 0 radical (unpaired) electrons. The van der Waals surface area contributed by atoms with Gasteiger partial charge in [-0.25, -0.2) is 14.8 Å². The summed E-state index contributed by atoms with van der Waals surface area (Å²) in [6, 6.07) is 8.68. The van der Waals surface area contributed by atoms with Gasteiger partial charge in [-0.3, -0.25) is 4.79 Å². The van der Waals surface area contributed by atoms with Gasteiger partial charge in [-0.05, 0) is 51.8 Å². The standard InChI is InChI=1S/C25H36N6O3/c1-17-15-31(18(2)11-26-17)23-27-12-21(13-28-23)20-9-7-8-19(10-20)16-30(6)22(32)14-29-24(33)34-25(3,4)5/h7-10,12-13,17-18,26H,11,14-16H2,1-6H3,(H,29,33)/t17-,18+/m1/s1. The summed E-state index contributed by atoms with van der Waals surface area (Å²) in [5.74, 6) is 0.534. The maximum absolute atomic E-state index is 12.4. The van der Waals surface area contributed by atoms with Crippen LogP contribution < -0.4 is 15.5 Å². The zero-order valence-electron chi connectivity index (χ0n) is 21.0. The average Bonchev–Trinajstić information content (AvgIpc) is 2.78. The number of alkyl carbamates (subject to hydrolysis) is 1. The van der Waals surface area contributed by atoms with Crippen LogP contribution in [0.25, 0.3) is 11.1 Å². The van der Waals surface area contributed by atoms with Crippen LogP contribution in [0.3, 0.4) is 0 Å². The van der Waals surface area contributed by atoms with Gasteiger partial charge in [0.1, 0.15) is 12.1 Å². The number of hydrogen-bond donors (Lipinski definition) is 2. The van der Waals surface area contributed by atoms with E-state index in [-0.39, 0.29) is 12.5 Å². The molecule has 2 amide bonds. The van der Waals surface area contributed by atoms with Crippen molar-refractivity contribution in [2.24, 2.45) is 0 Å². The van der Waals surface area contributed by atoms with E-state index in [2.05, 4.69) is 39.3 Å². The van der Waals surface area contributed by atoms with Crippen LogP contribution in [0.5, 0.6) is 0 Å². The molecule has 1 fully saturated rings. The summed E-state index contributed by atoms with van der Waals surface area (Å²) in [7, 11) is 1.71. The minimum absolute atomic E-state index is 0.122. The Morgan fingerprint density at radius 2 is 1.91 bits per heavy atom. The average molecular weight is 469 g/mol. The highest BCUT2D eigenvalue weighted by Crippen LogP contribution is 2.22. The Kier molecular flexibility index (Phi) is 8.09. The molecule has 3 rings (SSSR count). The molecule has 0 bridgehead atoms. The fourth-order valence-corrected chi connectivity index (χ4v) is 3.73. The summed E-state index contributed by atoms with van der Waals surface area (Å²) in [6.07, 6.45) is 3.09. The largest absolute Gasteiger partial charge is 0.444 e. The summed E-state index contributed by atoms with van der Waals surface area (Å²) < 4.78 is 5.17. The van der Waals surface area contributed by atoms with E-state index in [1.54, 1.807) is 32.7 Å². The van der Waals surface area contributed by atoms with Crippen LogP contribution in [0.1, 0.15) is 40.2 Å². The first-order valence-electron chi connectivity index (χ1n) is 11.6. The molecule has 2 aromatic rings. The Bertz CT molecular complexity index is 989. The number of amides is 2. The quantitative estimate of drug-likeness (QED) is 0.672. The number of carbonyl (C=O) groups excluding carboxylic acids is 2. The monoisotopic (exact) mass is 468 g/mol. The van der Waals surface area contributed by atoms with Crippen molar-refractivity contribution in [2.75, 3.05) is 31.6 Å². The molecule has 9 heteroatoms. The molecule has 1 aromatic heterocycles. The zero-order chi connectivity index (χ0) is 24.9. The van der Waals surface area contributed by atoms with Crippen LogP contribution in [0.2, 0.25) is 0 Å². The van der Waals surface area contributed by atoms with Crippen LogP contribution in [-0.2, 0) is 16.1 Å². The molecule has 0 unspecified atom stereocenters. The predicted molar refractivity (Wildman–Crippen MR) is 132 cm³/mol. The Labute approximate surface area is 201 Å². The third kappa shape index (κ3) is 7.15. The molecule has 1 aliphatic rings. The first-order valence-corrected chi connectivity index (χ1v) is 11.6. The zero-order valence-corrected chi connectivity index (χ0v) is 21.0. The van der Waals surface area contributed by atoms with Crippen molar-refractivity contribution in [3.8, 4) is 11.1 Å². The minimum Gasteiger partial charge on any atom is -0.444 e. The van der Waals surface area contributed by atoms with Gasteiger partial charge in [0.05, 0.1) is 0 Å². The normalized spacial score (nSPS) is 18.4. The first kappa shape index (κ1) is 25.4. The van der Waals surface area contributed by atoms with Crippen molar-refractivity contribution >= 4 is 17.9 Å². The molecule has 2 heterocycles. The highest BCUT2D eigenvalue weighted by molar-refractivity contribution is 5.82. The number of piperazine rings is 1. The molecular weight excluding hydrogens is 432 g/mol. The molecule has 1 aromatic carbocycles. The molecule has 2 atom stereocenters. The number of hydrogen-bond acceptors (Lipinski definition) is 7. The van der Waals surface area contributed by atoms with Gasteiger partial charge in [0, 0.05) is 56.7 Å². The van der Waals surface area contributed by atoms with Crippen LogP contribution in [0.4, 0.5) is 10.7 Å². The van der Waals surface area contributed by atoms with Gasteiger partial charge in [-0.1, -0.05) is 18.2 Å². The second-order valence-corrected chi connectivity index (χ2v) is 9.89. The number of nitrogens with one attached hydrogen (secondary N) is 2. The summed E-state index contributed by atoms with van der Waals surface area (Å²) in [6.45, 7) is 11.7. The number of anilines is 1. The first-order chi connectivity index (χ1) is 16.0. The minimum atomic E-state index is -0.608. The molecule has 9 nitrogen and oxygen atoms in total. The van der Waals surface area contributed by atoms with E-state index in [0.29, 0.717) is 18.6 Å². The van der Waals surface area contributed by atoms with E-state index in [4.69, 9.17) is 4.74 Å². The molecule has 184 valence electrons. The van der Waals surface area contributed by atoms with Gasteiger partial charge in [-0.15, -0.1) is 0 Å². The second kappa shape index (κ2) is 10.8. The van der Waals surface area contributed by atoms with E-state index in [1.165, 1.54) is 0 Å². The number of carbonyl (C=O) groups is 2. The van der Waals surface area contributed by atoms with Gasteiger partial charge >= 0.3 is 6.09 Å². The van der Waals surface area contributed by atoms with Crippen molar-refractivity contribution in [2.45, 2.75) is 58.8 Å². The maximum Gasteiger partial charge on any atom is 0.408 e. The lowest BCUT2D eigenvalue weighted by molar-refractivity contribution is -0.129. The van der Waals surface area contributed by atoms with Crippen molar-refractivity contribution in [1.82, 2.24) is 25.5 Å². The second-order valence-electron chi connectivity index (χ2n) is 9.89. The highest BCUT2D eigenvalue weighted by atomic mass is 16.6. The van der Waals surface area contributed by atoms with Crippen molar-refractivity contribution in [3.63, 3.8) is 0 Å². The number of likely N-dealkylation sites (N-methyl/N-ethyl adjacent to an activating group) is 1. The van der Waals surface area contributed by atoms with Crippen LogP contribution in [-0.4, -0.2) is 71.2 Å². The number of benzene rings is 1. The Morgan fingerprint density at radius 1 is 1.21 bits per heavy atom. The third-order valence-electron chi connectivity index (χ3n) is 5.55. The summed E-state index contributed by atoms with van der Waals surface area (Å²) in [5, 5.41) is 5.97. The van der Waals surface area contributed by atoms with Crippen molar-refractivity contribution in [1.29, 1.82) is 0 Å². The van der Waals surface area contributed by atoms with E-state index in [1.807, 2.05) is 36.7 Å². The van der Waals surface area contributed by atoms with E-state index in [0.717, 1.165) is 35.7 Å². The van der Waals surface area contributed by atoms with Gasteiger partial charge in [-0.2, -0.15) is 0 Å². The number of rotatable bonds is 6. The highest BCUT2D eigenvalue weighted by Gasteiger charge is 2.24. The van der Waals surface area contributed by atoms with Gasteiger partial charge in [0.25, 0.3) is 0 Å². The topological polar surface area (TPSA) is 99.7 Å². The van der Waals surface area contributed by atoms with Crippen LogP contribution in [0.15, 0.2) is 36.7 Å². The Hall–Kier alpha value is -3.20. The lowest BCUT2D eigenvalue weighted by Gasteiger charge is -2.37. The van der Waals surface area contributed by atoms with E-state index < -0.39 is 11.7 Å². The van der Waals surface area contributed by atoms with E-state index >= 15 is 0 Å². The van der Waals surface area contributed by atoms with E-state index in [9.17, 15) is 9.59 Å². The SMILES string of the molecule is C[C@@H]1CN(c2ncc(-c3cccc(CN(C)C(=O)CNC(=O)OC(C)(C)C)c3)cn2)[C@@H](C)CN1. The van der Waals surface area contributed by atoms with Gasteiger partial charge in [0.15, 0.2) is 0 Å². The van der Waals surface area contributed by atoms with Crippen molar-refractivity contribution < 1.29 is 14.3 Å². The number of ether oxygens (including phenoxy) is 1. The fraction of sp³-hybridized carbons (Fsp3) is 0.520. The molecular formula is C25H36N6O3. The maximum atomic E-state index is 12.4. The Morgan fingerprint density at radius 3 is 2.59 bits per heavy atom. The summed E-state index contributed by atoms with van der Waals surface area (Å²) >= 11 is 0. The fourth-order valence-electron chi connectivity index (χ4n) is 3.73. The van der Waals surface area contributed by atoms with Crippen LogP contribution in [0, 0.1) is 0 Å². The van der Waals surface area contributed by atoms with Crippen molar-refractivity contribution in [3.05, 3.63) is 42.2 Å². The number of aromatic nitrogens is 2. The smallest absolute Gasteiger partial charge is 0.408 e. The lowest BCUT2D eigenvalue weighted by Crippen LogP contribution is -2.55. The molecule has 1 saturated heterocycles. The van der Waals surface area contributed by atoms with Gasteiger partial charge in [0.2, 0.25) is 11.9 Å². The third-order valence-corrected chi connectivity index (χ3v) is 5.55. The number of nitrogens with zero attached hydrogens (tertiary/aromatic N) is 4. The summed E-state index contributed by atoms with van der Waals surface area (Å²) in [4.78, 5) is 37.3. The Balaban J connectivity index is 1.60. The van der Waals surface area contributed by atoms with Gasteiger partial charge < -0.3 is 25.2 Å². The molecule has 0 aliphatic carbocycles. The molecule has 1 aliphatic heterocycles. The lowest BCUT2D eigenvalue weighted by atomic mass is 10.1.